The van der Waals surface area contributed by atoms with Crippen LogP contribution in [0.4, 0.5) is 11.4 Å². The Labute approximate surface area is 114 Å². The fourth-order valence-corrected chi connectivity index (χ4v) is 2.23. The number of hydrogen-bond acceptors (Lipinski definition) is 3. The minimum absolute atomic E-state index is 0.0966. The van der Waals surface area contributed by atoms with Crippen molar-refractivity contribution < 1.29 is 9.53 Å². The Balaban J connectivity index is 1.94. The Hall–Kier alpha value is -1.71. The van der Waals surface area contributed by atoms with Crippen LogP contribution in [0, 0.1) is 0 Å². The normalized spacial score (nSPS) is 15.2. The molecule has 0 saturated heterocycles. The van der Waals surface area contributed by atoms with Crippen molar-refractivity contribution in [2.45, 2.75) is 45.6 Å². The summed E-state index contributed by atoms with van der Waals surface area (Å²) in [5.74, 6) is 0.643. The molecule has 0 aliphatic carbocycles. The molecule has 4 heteroatoms. The smallest absolute Gasteiger partial charge is 0.262 e. The number of nitrogens with one attached hydrogen (secondary N) is 2. The summed E-state index contributed by atoms with van der Waals surface area (Å²) < 4.78 is 5.34. The molecule has 1 aromatic rings. The quantitative estimate of drug-likeness (QED) is 0.772. The molecule has 1 atom stereocenters. The number of unbranched alkanes of at least 4 members (excludes halogenated alkanes) is 2. The third kappa shape index (κ3) is 3.88. The Morgan fingerprint density at radius 2 is 2.26 bits per heavy atom. The highest BCUT2D eigenvalue weighted by atomic mass is 16.5. The van der Waals surface area contributed by atoms with E-state index in [9.17, 15) is 4.79 Å². The zero-order chi connectivity index (χ0) is 13.7. The predicted molar refractivity (Wildman–Crippen MR) is 77.8 cm³/mol. The Morgan fingerprint density at radius 1 is 1.42 bits per heavy atom. The maximum Gasteiger partial charge on any atom is 0.262 e. The van der Waals surface area contributed by atoms with E-state index in [1.807, 2.05) is 18.2 Å². The molecule has 0 fully saturated rings. The summed E-state index contributed by atoms with van der Waals surface area (Å²) in [5.41, 5.74) is 1.77. The van der Waals surface area contributed by atoms with Crippen molar-refractivity contribution in [1.29, 1.82) is 0 Å². The molecule has 0 spiro atoms. The number of rotatable bonds is 6. The van der Waals surface area contributed by atoms with E-state index in [-0.39, 0.29) is 12.5 Å². The summed E-state index contributed by atoms with van der Waals surface area (Å²) in [6, 6.07) is 6.26. The van der Waals surface area contributed by atoms with Gasteiger partial charge in [-0.1, -0.05) is 26.2 Å². The van der Waals surface area contributed by atoms with Gasteiger partial charge in [0.05, 0.1) is 5.69 Å². The molecule has 2 rings (SSSR count). The van der Waals surface area contributed by atoms with Crippen LogP contribution in [0.2, 0.25) is 0 Å². The van der Waals surface area contributed by atoms with E-state index in [2.05, 4.69) is 24.5 Å². The average Bonchev–Trinajstić information content (AvgIpc) is 2.38. The van der Waals surface area contributed by atoms with E-state index < -0.39 is 0 Å². The Bertz CT molecular complexity index is 446. The highest BCUT2D eigenvalue weighted by Crippen LogP contribution is 2.30. The summed E-state index contributed by atoms with van der Waals surface area (Å²) in [5, 5.41) is 6.28. The molecule has 0 aromatic heterocycles. The van der Waals surface area contributed by atoms with E-state index in [0.29, 0.717) is 6.04 Å². The molecular weight excluding hydrogens is 240 g/mol. The second-order valence-corrected chi connectivity index (χ2v) is 5.09. The van der Waals surface area contributed by atoms with Gasteiger partial charge in [-0.25, -0.2) is 0 Å². The first kappa shape index (κ1) is 13.7. The average molecular weight is 262 g/mol. The van der Waals surface area contributed by atoms with Gasteiger partial charge in [-0.3, -0.25) is 4.79 Å². The standard InChI is InChI=1S/C15H22N2O2/c1-3-4-5-6-11(2)16-12-7-8-14-13(9-12)17-15(18)10-19-14/h7-9,11,16H,3-6,10H2,1-2H3,(H,17,18). The van der Waals surface area contributed by atoms with Crippen LogP contribution in [0.1, 0.15) is 39.5 Å². The number of carbonyl (C=O) groups excluding carboxylic acids is 1. The first-order valence-electron chi connectivity index (χ1n) is 7.02. The maximum absolute atomic E-state index is 11.3. The van der Waals surface area contributed by atoms with Crippen molar-refractivity contribution >= 4 is 17.3 Å². The topological polar surface area (TPSA) is 50.4 Å². The third-order valence-electron chi connectivity index (χ3n) is 3.27. The summed E-state index contributed by atoms with van der Waals surface area (Å²) in [6.45, 7) is 4.50. The molecule has 1 aliphatic heterocycles. The summed E-state index contributed by atoms with van der Waals surface area (Å²) in [4.78, 5) is 11.3. The molecule has 4 nitrogen and oxygen atoms in total. The van der Waals surface area contributed by atoms with Crippen molar-refractivity contribution in [2.24, 2.45) is 0 Å². The van der Waals surface area contributed by atoms with Crippen molar-refractivity contribution in [3.63, 3.8) is 0 Å². The van der Waals surface area contributed by atoms with E-state index in [1.54, 1.807) is 0 Å². The lowest BCUT2D eigenvalue weighted by Crippen LogP contribution is -2.25. The Kier molecular flexibility index (Phi) is 4.66. The molecule has 1 amide bonds. The van der Waals surface area contributed by atoms with Crippen molar-refractivity contribution in [3.05, 3.63) is 18.2 Å². The zero-order valence-electron chi connectivity index (χ0n) is 11.7. The number of hydrogen-bond donors (Lipinski definition) is 2. The first-order valence-corrected chi connectivity index (χ1v) is 7.02. The molecule has 1 unspecified atom stereocenters. The number of benzene rings is 1. The predicted octanol–water partition coefficient (Wildman–Crippen LogP) is 3.40. The molecule has 104 valence electrons. The van der Waals surface area contributed by atoms with Crippen LogP contribution in [0.15, 0.2) is 18.2 Å². The lowest BCUT2D eigenvalue weighted by molar-refractivity contribution is -0.118. The van der Waals surface area contributed by atoms with Crippen molar-refractivity contribution in [1.82, 2.24) is 0 Å². The summed E-state index contributed by atoms with van der Waals surface area (Å²) in [6.07, 6.45) is 4.93. The highest BCUT2D eigenvalue weighted by molar-refractivity contribution is 5.96. The van der Waals surface area contributed by atoms with Crippen LogP contribution in [-0.2, 0) is 4.79 Å². The SMILES string of the molecule is CCCCCC(C)Nc1ccc2c(c1)NC(=O)CO2. The number of anilines is 2. The monoisotopic (exact) mass is 262 g/mol. The van der Waals surface area contributed by atoms with Gasteiger partial charge < -0.3 is 15.4 Å². The van der Waals surface area contributed by atoms with Gasteiger partial charge in [0.25, 0.3) is 5.91 Å². The van der Waals surface area contributed by atoms with Gasteiger partial charge in [-0.15, -0.1) is 0 Å². The maximum atomic E-state index is 11.3. The molecule has 2 N–H and O–H groups in total. The zero-order valence-corrected chi connectivity index (χ0v) is 11.7. The van der Waals surface area contributed by atoms with Crippen LogP contribution >= 0.6 is 0 Å². The molecule has 1 aromatic carbocycles. The second-order valence-electron chi connectivity index (χ2n) is 5.09. The van der Waals surface area contributed by atoms with Crippen LogP contribution in [-0.4, -0.2) is 18.6 Å². The summed E-state index contributed by atoms with van der Waals surface area (Å²) >= 11 is 0. The van der Waals surface area contributed by atoms with Crippen LogP contribution < -0.4 is 15.4 Å². The van der Waals surface area contributed by atoms with E-state index in [0.717, 1.165) is 23.5 Å². The minimum atomic E-state index is -0.0966. The van der Waals surface area contributed by atoms with Gasteiger partial charge in [0.15, 0.2) is 6.61 Å². The highest BCUT2D eigenvalue weighted by Gasteiger charge is 2.16. The fraction of sp³-hybridized carbons (Fsp3) is 0.533. The second kappa shape index (κ2) is 6.45. The van der Waals surface area contributed by atoms with Crippen molar-refractivity contribution in [2.75, 3.05) is 17.2 Å². The fourth-order valence-electron chi connectivity index (χ4n) is 2.23. The van der Waals surface area contributed by atoms with Crippen LogP contribution in [0.3, 0.4) is 0 Å². The molecule has 0 radical (unpaired) electrons. The summed E-state index contributed by atoms with van der Waals surface area (Å²) in [7, 11) is 0. The number of fused-ring (bicyclic) bond motifs is 1. The van der Waals surface area contributed by atoms with Gasteiger partial charge in [-0.2, -0.15) is 0 Å². The van der Waals surface area contributed by atoms with Crippen LogP contribution in [0.5, 0.6) is 5.75 Å². The molecule has 0 bridgehead atoms. The van der Waals surface area contributed by atoms with Gasteiger partial charge in [0, 0.05) is 11.7 Å². The largest absolute Gasteiger partial charge is 0.482 e. The van der Waals surface area contributed by atoms with E-state index >= 15 is 0 Å². The van der Waals surface area contributed by atoms with Crippen molar-refractivity contribution in [3.8, 4) is 5.75 Å². The number of ether oxygens (including phenoxy) is 1. The molecule has 0 saturated carbocycles. The van der Waals surface area contributed by atoms with Crippen LogP contribution in [0.25, 0.3) is 0 Å². The first-order chi connectivity index (χ1) is 9.19. The Morgan fingerprint density at radius 3 is 3.05 bits per heavy atom. The van der Waals surface area contributed by atoms with E-state index in [4.69, 9.17) is 4.74 Å². The number of carbonyl (C=O) groups is 1. The lowest BCUT2D eigenvalue weighted by Gasteiger charge is -2.20. The molecule has 19 heavy (non-hydrogen) atoms. The van der Waals surface area contributed by atoms with E-state index in [1.165, 1.54) is 19.3 Å². The van der Waals surface area contributed by atoms with Gasteiger partial charge >= 0.3 is 0 Å². The minimum Gasteiger partial charge on any atom is -0.482 e. The number of amides is 1. The van der Waals surface area contributed by atoms with Gasteiger partial charge in [0.1, 0.15) is 5.75 Å². The lowest BCUT2D eigenvalue weighted by atomic mass is 10.1. The molecule has 1 aliphatic rings. The van der Waals surface area contributed by atoms with Gasteiger partial charge in [0.2, 0.25) is 0 Å². The molecule has 1 heterocycles. The third-order valence-corrected chi connectivity index (χ3v) is 3.27. The van der Waals surface area contributed by atoms with Gasteiger partial charge in [-0.05, 0) is 31.5 Å². The molecular formula is C15H22N2O2.